The summed E-state index contributed by atoms with van der Waals surface area (Å²) in [5.74, 6) is -1.20. The summed E-state index contributed by atoms with van der Waals surface area (Å²) in [7, 11) is 0. The van der Waals surface area contributed by atoms with Crippen molar-refractivity contribution in [2.24, 2.45) is 0 Å². The van der Waals surface area contributed by atoms with E-state index >= 15 is 0 Å². The monoisotopic (exact) mass is 353 g/mol. The molecule has 0 saturated heterocycles. The summed E-state index contributed by atoms with van der Waals surface area (Å²) >= 11 is 0. The number of aliphatic hydroxyl groups is 1. The van der Waals surface area contributed by atoms with E-state index in [0.717, 1.165) is 12.8 Å². The number of carbonyl (C=O) groups is 1. The van der Waals surface area contributed by atoms with Crippen LogP contribution in [-0.4, -0.2) is 21.8 Å². The van der Waals surface area contributed by atoms with Crippen LogP contribution in [0.4, 0.5) is 0 Å². The van der Waals surface area contributed by atoms with Crippen molar-refractivity contribution in [3.05, 3.63) is 0 Å². The van der Waals surface area contributed by atoms with Gasteiger partial charge in [-0.3, -0.25) is 0 Å². The number of rotatable bonds is 18. The molecule has 25 heavy (non-hydrogen) atoms. The fourth-order valence-corrected chi connectivity index (χ4v) is 3.21. The highest BCUT2D eigenvalue weighted by molar-refractivity contribution is 5.77. The van der Waals surface area contributed by atoms with Gasteiger partial charge in [-0.05, 0) is 19.3 Å². The van der Waals surface area contributed by atoms with E-state index in [4.69, 9.17) is 10.4 Å². The molecule has 0 fully saturated rings. The molecule has 0 aliphatic rings. The van der Waals surface area contributed by atoms with Crippen molar-refractivity contribution in [3.8, 4) is 6.07 Å². The highest BCUT2D eigenvalue weighted by Crippen LogP contribution is 2.22. The van der Waals surface area contributed by atoms with Gasteiger partial charge in [-0.1, -0.05) is 90.4 Å². The molecule has 1 unspecified atom stereocenters. The largest absolute Gasteiger partial charge is 0.479 e. The first-order valence-electron chi connectivity index (χ1n) is 10.4. The summed E-state index contributed by atoms with van der Waals surface area (Å²) in [4.78, 5) is 11.1. The predicted octanol–water partition coefficient (Wildman–Crippen LogP) is 5.98. The quantitative estimate of drug-likeness (QED) is 0.297. The molecule has 0 radical (unpaired) electrons. The van der Waals surface area contributed by atoms with Crippen molar-refractivity contribution in [2.75, 3.05) is 0 Å². The standard InChI is InChI=1S/C21H39NO3/c1-2-3-4-5-6-7-8-9-10-11-12-13-14-15-17-21(25,20(23)24)18-16-19-22/h25H,2-18H2,1H3,(H,23,24). The number of carboxylic acid groups (broad SMARTS) is 1. The molecule has 0 aromatic heterocycles. The lowest BCUT2D eigenvalue weighted by molar-refractivity contribution is -0.160. The number of unbranched alkanes of at least 4 members (excludes halogenated alkanes) is 13. The topological polar surface area (TPSA) is 81.3 Å². The van der Waals surface area contributed by atoms with Crippen LogP contribution in [-0.2, 0) is 4.79 Å². The van der Waals surface area contributed by atoms with Crippen LogP contribution >= 0.6 is 0 Å². The number of hydrogen-bond acceptors (Lipinski definition) is 3. The smallest absolute Gasteiger partial charge is 0.335 e. The Balaban J connectivity index is 3.43. The Labute approximate surface area is 154 Å². The molecular weight excluding hydrogens is 314 g/mol. The van der Waals surface area contributed by atoms with Gasteiger partial charge in [0.05, 0.1) is 6.07 Å². The summed E-state index contributed by atoms with van der Waals surface area (Å²) < 4.78 is 0. The molecule has 0 aliphatic carbocycles. The van der Waals surface area contributed by atoms with E-state index in [1.807, 2.05) is 6.07 Å². The lowest BCUT2D eigenvalue weighted by Gasteiger charge is -2.22. The van der Waals surface area contributed by atoms with Gasteiger partial charge in [0, 0.05) is 6.42 Å². The molecular formula is C21H39NO3. The number of aliphatic carboxylic acids is 1. The van der Waals surface area contributed by atoms with Gasteiger partial charge in [0.25, 0.3) is 0 Å². The third kappa shape index (κ3) is 13.8. The van der Waals surface area contributed by atoms with Gasteiger partial charge >= 0.3 is 5.97 Å². The Morgan fingerprint density at radius 3 is 1.56 bits per heavy atom. The van der Waals surface area contributed by atoms with Gasteiger partial charge in [-0.2, -0.15) is 5.26 Å². The second kappa shape index (κ2) is 16.4. The minimum absolute atomic E-state index is 0.0251. The van der Waals surface area contributed by atoms with Crippen molar-refractivity contribution in [3.63, 3.8) is 0 Å². The third-order valence-electron chi connectivity index (χ3n) is 4.99. The van der Waals surface area contributed by atoms with E-state index in [0.29, 0.717) is 6.42 Å². The van der Waals surface area contributed by atoms with Crippen LogP contribution < -0.4 is 0 Å². The zero-order valence-corrected chi connectivity index (χ0v) is 16.3. The van der Waals surface area contributed by atoms with Crippen LogP contribution in [0.1, 0.15) is 116 Å². The Morgan fingerprint density at radius 2 is 1.20 bits per heavy atom. The van der Waals surface area contributed by atoms with Gasteiger partial charge in [0.15, 0.2) is 5.60 Å². The van der Waals surface area contributed by atoms with Gasteiger partial charge in [-0.15, -0.1) is 0 Å². The zero-order valence-electron chi connectivity index (χ0n) is 16.3. The molecule has 0 bridgehead atoms. The highest BCUT2D eigenvalue weighted by Gasteiger charge is 2.34. The third-order valence-corrected chi connectivity index (χ3v) is 4.99. The van der Waals surface area contributed by atoms with Crippen LogP contribution in [0.3, 0.4) is 0 Å². The maximum Gasteiger partial charge on any atom is 0.335 e. The number of carboxylic acids is 1. The maximum atomic E-state index is 11.1. The zero-order chi connectivity index (χ0) is 18.8. The molecule has 0 rings (SSSR count). The van der Waals surface area contributed by atoms with Crippen LogP contribution in [0.5, 0.6) is 0 Å². The lowest BCUT2D eigenvalue weighted by atomic mass is 9.91. The van der Waals surface area contributed by atoms with Crippen molar-refractivity contribution < 1.29 is 15.0 Å². The summed E-state index contributed by atoms with van der Waals surface area (Å²) in [6.45, 7) is 2.25. The minimum Gasteiger partial charge on any atom is -0.479 e. The highest BCUT2D eigenvalue weighted by atomic mass is 16.4. The second-order valence-electron chi connectivity index (χ2n) is 7.34. The normalized spacial score (nSPS) is 13.3. The van der Waals surface area contributed by atoms with Crippen LogP contribution in [0.15, 0.2) is 0 Å². The molecule has 0 saturated carbocycles. The molecule has 0 aromatic carbocycles. The van der Waals surface area contributed by atoms with Gasteiger partial charge in [0.1, 0.15) is 0 Å². The van der Waals surface area contributed by atoms with E-state index in [1.54, 1.807) is 0 Å². The van der Waals surface area contributed by atoms with E-state index in [1.165, 1.54) is 70.6 Å². The van der Waals surface area contributed by atoms with Crippen molar-refractivity contribution in [1.82, 2.24) is 0 Å². The molecule has 0 heterocycles. The minimum atomic E-state index is -1.72. The SMILES string of the molecule is CCCCCCCCCCCCCCCCC(O)(CCC#N)C(=O)O. The summed E-state index contributed by atoms with van der Waals surface area (Å²) in [5.41, 5.74) is -1.72. The van der Waals surface area contributed by atoms with E-state index in [9.17, 15) is 9.90 Å². The predicted molar refractivity (Wildman–Crippen MR) is 102 cm³/mol. The van der Waals surface area contributed by atoms with Gasteiger partial charge in [-0.25, -0.2) is 4.79 Å². The Hall–Kier alpha value is -1.08. The molecule has 0 aromatic rings. The first-order valence-corrected chi connectivity index (χ1v) is 10.4. The molecule has 2 N–H and O–H groups in total. The van der Waals surface area contributed by atoms with Gasteiger partial charge < -0.3 is 10.2 Å². The molecule has 1 atom stereocenters. The Morgan fingerprint density at radius 1 is 0.800 bits per heavy atom. The van der Waals surface area contributed by atoms with Crippen LogP contribution in [0.25, 0.3) is 0 Å². The summed E-state index contributed by atoms with van der Waals surface area (Å²) in [6, 6.07) is 1.91. The molecule has 4 heteroatoms. The fourth-order valence-electron chi connectivity index (χ4n) is 3.21. The molecule has 0 aliphatic heterocycles. The first-order chi connectivity index (χ1) is 12.1. The number of nitrogens with zero attached hydrogens (tertiary/aromatic N) is 1. The number of hydrogen-bond donors (Lipinski definition) is 2. The molecule has 0 amide bonds. The molecule has 0 spiro atoms. The van der Waals surface area contributed by atoms with Crippen LogP contribution in [0.2, 0.25) is 0 Å². The maximum absolute atomic E-state index is 11.1. The van der Waals surface area contributed by atoms with Gasteiger partial charge in [0.2, 0.25) is 0 Å². The molecule has 4 nitrogen and oxygen atoms in total. The molecule has 146 valence electrons. The second-order valence-corrected chi connectivity index (χ2v) is 7.34. The van der Waals surface area contributed by atoms with Crippen LogP contribution in [0, 0.1) is 11.3 Å². The van der Waals surface area contributed by atoms with E-state index in [2.05, 4.69) is 6.92 Å². The average molecular weight is 354 g/mol. The Kier molecular flexibility index (Phi) is 15.7. The van der Waals surface area contributed by atoms with Crippen molar-refractivity contribution >= 4 is 5.97 Å². The van der Waals surface area contributed by atoms with Crippen molar-refractivity contribution in [1.29, 1.82) is 5.26 Å². The van der Waals surface area contributed by atoms with E-state index < -0.39 is 11.6 Å². The summed E-state index contributed by atoms with van der Waals surface area (Å²) in [6.07, 6.45) is 17.8. The first kappa shape index (κ1) is 23.9. The average Bonchev–Trinajstić information content (AvgIpc) is 2.60. The lowest BCUT2D eigenvalue weighted by Crippen LogP contribution is -2.38. The Bertz CT molecular complexity index is 365. The number of nitriles is 1. The van der Waals surface area contributed by atoms with E-state index in [-0.39, 0.29) is 19.3 Å². The summed E-state index contributed by atoms with van der Waals surface area (Å²) in [5, 5.41) is 27.7. The van der Waals surface area contributed by atoms with Crippen molar-refractivity contribution in [2.45, 2.75) is 122 Å². The fraction of sp³-hybridized carbons (Fsp3) is 0.905.